The molecule has 3 N–H and O–H groups in total. The minimum absolute atomic E-state index is 0.0738. The number of nitro groups is 1. The fourth-order valence-corrected chi connectivity index (χ4v) is 1.36. The Balaban J connectivity index is 2.26. The number of nitro benzene ring substituents is 1. The van der Waals surface area contributed by atoms with Gasteiger partial charge in [0.05, 0.1) is 11.0 Å². The molecule has 0 atom stereocenters. The Morgan fingerprint density at radius 1 is 1.55 bits per heavy atom. The van der Waals surface area contributed by atoms with Crippen LogP contribution in [-0.2, 0) is 0 Å². The SMILES string of the molecule is N#CC(=CNc1cc(O)cc([N+](=O)[O-])c1)c1nn[nH]n1. The highest BCUT2D eigenvalue weighted by atomic mass is 16.6. The highest BCUT2D eigenvalue weighted by Crippen LogP contribution is 2.25. The van der Waals surface area contributed by atoms with Gasteiger partial charge in [0.1, 0.15) is 17.4 Å². The fourth-order valence-electron chi connectivity index (χ4n) is 1.36. The number of phenols is 1. The van der Waals surface area contributed by atoms with E-state index in [1.54, 1.807) is 0 Å². The molecule has 0 fully saturated rings. The third-order valence-electron chi connectivity index (χ3n) is 2.20. The van der Waals surface area contributed by atoms with Gasteiger partial charge in [-0.3, -0.25) is 10.1 Å². The summed E-state index contributed by atoms with van der Waals surface area (Å²) in [7, 11) is 0. The number of allylic oxidation sites excluding steroid dienone is 1. The van der Waals surface area contributed by atoms with Gasteiger partial charge in [-0.15, -0.1) is 10.2 Å². The van der Waals surface area contributed by atoms with Crippen molar-refractivity contribution >= 4 is 16.9 Å². The van der Waals surface area contributed by atoms with Crippen molar-refractivity contribution in [2.45, 2.75) is 0 Å². The van der Waals surface area contributed by atoms with Crippen LogP contribution in [0.3, 0.4) is 0 Å². The molecule has 0 saturated carbocycles. The number of aromatic hydroxyl groups is 1. The van der Waals surface area contributed by atoms with Crippen molar-refractivity contribution in [2.75, 3.05) is 5.32 Å². The quantitative estimate of drug-likeness (QED) is 0.419. The van der Waals surface area contributed by atoms with Gasteiger partial charge in [-0.1, -0.05) is 0 Å². The molecular weight excluding hydrogens is 266 g/mol. The topological polar surface area (TPSA) is 154 Å². The minimum atomic E-state index is -0.640. The summed E-state index contributed by atoms with van der Waals surface area (Å²) in [5.41, 5.74) is 0.0386. The zero-order valence-corrected chi connectivity index (χ0v) is 9.81. The van der Waals surface area contributed by atoms with Gasteiger partial charge in [0.15, 0.2) is 0 Å². The number of anilines is 1. The maximum absolute atomic E-state index is 10.7. The van der Waals surface area contributed by atoms with Gasteiger partial charge in [0.2, 0.25) is 5.82 Å². The standard InChI is InChI=1S/C10H7N7O3/c11-4-6(10-13-15-16-14-10)5-12-7-1-8(17(19)20)3-9(18)2-7/h1-3,5,12,18H,(H,13,14,15,16). The van der Waals surface area contributed by atoms with Gasteiger partial charge >= 0.3 is 0 Å². The van der Waals surface area contributed by atoms with Crippen LogP contribution in [-0.4, -0.2) is 30.7 Å². The summed E-state index contributed by atoms with van der Waals surface area (Å²) in [5, 5.41) is 44.4. The van der Waals surface area contributed by atoms with Crippen LogP contribution in [0, 0.1) is 21.4 Å². The summed E-state index contributed by atoms with van der Waals surface area (Å²) in [5.74, 6) is -0.192. The van der Waals surface area contributed by atoms with Crippen molar-refractivity contribution in [3.8, 4) is 11.8 Å². The summed E-state index contributed by atoms with van der Waals surface area (Å²) in [6.07, 6.45) is 1.25. The second-order valence-corrected chi connectivity index (χ2v) is 3.54. The van der Waals surface area contributed by atoms with E-state index in [1.807, 2.05) is 6.07 Å². The summed E-state index contributed by atoms with van der Waals surface area (Å²) >= 11 is 0. The highest BCUT2D eigenvalue weighted by Gasteiger charge is 2.10. The third-order valence-corrected chi connectivity index (χ3v) is 2.20. The fraction of sp³-hybridized carbons (Fsp3) is 0. The summed E-state index contributed by atoms with van der Waals surface area (Å²) in [4.78, 5) is 10.0. The molecule has 2 rings (SSSR count). The number of tetrazole rings is 1. The molecule has 2 aromatic rings. The van der Waals surface area contributed by atoms with Crippen LogP contribution < -0.4 is 5.32 Å². The maximum atomic E-state index is 10.7. The van der Waals surface area contributed by atoms with Gasteiger partial charge in [0.25, 0.3) is 5.69 Å². The molecule has 10 heteroatoms. The van der Waals surface area contributed by atoms with E-state index >= 15 is 0 Å². The number of nitrogens with one attached hydrogen (secondary N) is 2. The van der Waals surface area contributed by atoms with Crippen molar-refractivity contribution in [2.24, 2.45) is 0 Å². The van der Waals surface area contributed by atoms with E-state index in [-0.39, 0.29) is 28.5 Å². The lowest BCUT2D eigenvalue weighted by molar-refractivity contribution is -0.384. The first-order valence-electron chi connectivity index (χ1n) is 5.19. The van der Waals surface area contributed by atoms with Gasteiger partial charge in [-0.05, 0) is 5.21 Å². The lowest BCUT2D eigenvalue weighted by atomic mass is 10.2. The largest absolute Gasteiger partial charge is 0.508 e. The molecule has 1 heterocycles. The van der Waals surface area contributed by atoms with Crippen LogP contribution in [0.2, 0.25) is 0 Å². The van der Waals surface area contributed by atoms with E-state index in [0.29, 0.717) is 0 Å². The number of benzene rings is 1. The van der Waals surface area contributed by atoms with Gasteiger partial charge in [0, 0.05) is 24.0 Å². The number of nitriles is 1. The van der Waals surface area contributed by atoms with Crippen LogP contribution in [0.25, 0.3) is 5.57 Å². The number of H-pyrrole nitrogens is 1. The minimum Gasteiger partial charge on any atom is -0.508 e. The lowest BCUT2D eigenvalue weighted by Crippen LogP contribution is -1.94. The average Bonchev–Trinajstić information content (AvgIpc) is 2.93. The number of non-ortho nitro benzene ring substituents is 1. The number of nitrogens with zero attached hydrogens (tertiary/aromatic N) is 5. The van der Waals surface area contributed by atoms with E-state index < -0.39 is 4.92 Å². The highest BCUT2D eigenvalue weighted by molar-refractivity contribution is 5.74. The normalized spacial score (nSPS) is 10.8. The predicted octanol–water partition coefficient (Wildman–Crippen LogP) is 0.790. The van der Waals surface area contributed by atoms with Gasteiger partial charge < -0.3 is 10.4 Å². The molecule has 0 aliphatic carbocycles. The second-order valence-electron chi connectivity index (χ2n) is 3.54. The van der Waals surface area contributed by atoms with E-state index in [2.05, 4.69) is 25.9 Å². The third kappa shape index (κ3) is 2.85. The zero-order chi connectivity index (χ0) is 14.5. The molecule has 100 valence electrons. The van der Waals surface area contributed by atoms with Crippen molar-refractivity contribution in [3.05, 3.63) is 40.3 Å². The molecule has 0 unspecified atom stereocenters. The average molecular weight is 273 g/mol. The molecular formula is C10H7N7O3. The molecule has 20 heavy (non-hydrogen) atoms. The molecule has 0 bridgehead atoms. The molecule has 1 aromatic carbocycles. The van der Waals surface area contributed by atoms with E-state index in [0.717, 1.165) is 6.07 Å². The first-order valence-corrected chi connectivity index (χ1v) is 5.19. The van der Waals surface area contributed by atoms with Crippen molar-refractivity contribution in [1.29, 1.82) is 5.26 Å². The summed E-state index contributed by atoms with van der Waals surface area (Å²) in [6, 6.07) is 5.34. The summed E-state index contributed by atoms with van der Waals surface area (Å²) < 4.78 is 0. The Morgan fingerprint density at radius 3 is 2.95 bits per heavy atom. The number of aromatic nitrogens is 4. The van der Waals surface area contributed by atoms with E-state index in [4.69, 9.17) is 5.26 Å². The van der Waals surface area contributed by atoms with Gasteiger partial charge in [-0.25, -0.2) is 0 Å². The predicted molar refractivity (Wildman–Crippen MR) is 66.2 cm³/mol. The molecule has 1 aromatic heterocycles. The van der Waals surface area contributed by atoms with Crippen molar-refractivity contribution < 1.29 is 10.0 Å². The first-order chi connectivity index (χ1) is 9.60. The Labute approximate surface area is 111 Å². The number of hydrogen-bond acceptors (Lipinski definition) is 8. The Hall–Kier alpha value is -3.48. The Kier molecular flexibility index (Phi) is 3.53. The Bertz CT molecular complexity index is 702. The van der Waals surface area contributed by atoms with Gasteiger partial charge in [-0.2, -0.15) is 10.5 Å². The molecule has 0 aliphatic rings. The monoisotopic (exact) mass is 273 g/mol. The number of aromatic amines is 1. The van der Waals surface area contributed by atoms with Crippen molar-refractivity contribution in [1.82, 2.24) is 20.6 Å². The molecule has 0 radical (unpaired) electrons. The molecule has 10 nitrogen and oxygen atoms in total. The first kappa shape index (κ1) is 13.0. The molecule has 0 saturated heterocycles. The number of rotatable bonds is 4. The van der Waals surface area contributed by atoms with Crippen molar-refractivity contribution in [3.63, 3.8) is 0 Å². The van der Waals surface area contributed by atoms with Crippen LogP contribution in [0.5, 0.6) is 5.75 Å². The van der Waals surface area contributed by atoms with Crippen LogP contribution >= 0.6 is 0 Å². The van der Waals surface area contributed by atoms with E-state index in [1.165, 1.54) is 18.3 Å². The Morgan fingerprint density at radius 2 is 2.35 bits per heavy atom. The molecule has 0 aliphatic heterocycles. The van der Waals surface area contributed by atoms with Crippen LogP contribution in [0.4, 0.5) is 11.4 Å². The van der Waals surface area contributed by atoms with Crippen LogP contribution in [0.15, 0.2) is 24.4 Å². The second kappa shape index (κ2) is 5.44. The number of phenolic OH excluding ortho intramolecular Hbond substituents is 1. The molecule has 0 spiro atoms. The van der Waals surface area contributed by atoms with E-state index in [9.17, 15) is 15.2 Å². The number of hydrogen-bond donors (Lipinski definition) is 3. The maximum Gasteiger partial charge on any atom is 0.275 e. The smallest absolute Gasteiger partial charge is 0.275 e. The van der Waals surface area contributed by atoms with Crippen LogP contribution in [0.1, 0.15) is 5.82 Å². The molecule has 0 amide bonds. The lowest BCUT2D eigenvalue weighted by Gasteiger charge is -2.02. The zero-order valence-electron chi connectivity index (χ0n) is 9.81. The summed E-state index contributed by atoms with van der Waals surface area (Å²) in [6.45, 7) is 0.